The first-order valence-electron chi connectivity index (χ1n) is 22.0. The van der Waals surface area contributed by atoms with E-state index in [1.165, 1.54) is 141 Å². The van der Waals surface area contributed by atoms with Gasteiger partial charge in [-0.05, 0) is 112 Å². The van der Waals surface area contributed by atoms with Crippen molar-refractivity contribution in [2.24, 2.45) is 53.1 Å². The van der Waals surface area contributed by atoms with Gasteiger partial charge in [0.2, 0.25) is 0 Å². The molecule has 0 spiro atoms. The van der Waals surface area contributed by atoms with Crippen molar-refractivity contribution in [3.05, 3.63) is 0 Å². The van der Waals surface area contributed by atoms with E-state index in [0.717, 1.165) is 53.9 Å². The zero-order valence-electron chi connectivity index (χ0n) is 31.8. The van der Waals surface area contributed by atoms with Gasteiger partial charge >= 0.3 is 0 Å². The summed E-state index contributed by atoms with van der Waals surface area (Å²) in [5.74, 6) is 5.97. The van der Waals surface area contributed by atoms with Crippen LogP contribution in [0.25, 0.3) is 0 Å². The Morgan fingerprint density at radius 2 is 0.540 bits per heavy atom. The van der Waals surface area contributed by atoms with E-state index in [-0.39, 0.29) is 19.5 Å². The van der Waals surface area contributed by atoms with Crippen LogP contribution in [0.2, 0.25) is 0 Å². The summed E-state index contributed by atoms with van der Waals surface area (Å²) in [4.78, 5) is 0. The molecular formula is C40H75N9Zn. The maximum atomic E-state index is 5.34. The second kappa shape index (κ2) is 18.3. The van der Waals surface area contributed by atoms with Crippen molar-refractivity contribution in [3.8, 4) is 0 Å². The number of unbranched alkanes of at least 4 members (excludes halogenated alkanes) is 5. The topological polar surface area (TPSA) is 122 Å². The summed E-state index contributed by atoms with van der Waals surface area (Å²) in [6, 6.07) is 0. The number of rotatable bonds is 6. The molecule has 4 aliphatic carbocycles. The van der Waals surface area contributed by atoms with Crippen molar-refractivity contribution in [3.63, 3.8) is 0 Å². The number of nitrogens with one attached hydrogen (secondary N) is 8. The van der Waals surface area contributed by atoms with Crippen molar-refractivity contribution in [2.45, 2.75) is 198 Å². The van der Waals surface area contributed by atoms with Crippen LogP contribution < -0.4 is 48.3 Å². The van der Waals surface area contributed by atoms with E-state index >= 15 is 0 Å². The molecule has 0 aromatic rings. The average molecular weight is 747 g/mol. The molecule has 5 heterocycles. The van der Waals surface area contributed by atoms with Gasteiger partial charge < -0.3 is 5.73 Å². The molecule has 9 nitrogen and oxygen atoms in total. The normalized spacial score (nSPS) is 47.9. The van der Waals surface area contributed by atoms with Crippen LogP contribution in [-0.2, 0) is 19.5 Å². The molecule has 8 unspecified atom stereocenters. The third-order valence-corrected chi connectivity index (χ3v) is 15.4. The number of fused-ring (bicyclic) bond motifs is 20. The Hall–Kier alpha value is 0.263. The molecule has 0 radical (unpaired) electrons. The van der Waals surface area contributed by atoms with Gasteiger partial charge in [0.15, 0.2) is 0 Å². The fourth-order valence-corrected chi connectivity index (χ4v) is 12.9. The molecule has 5 saturated heterocycles. The summed E-state index contributed by atoms with van der Waals surface area (Å²) < 4.78 is 0. The SMILES string of the molecule is C1CCC2C3NC(NC4NC(NC5NC(NC6NC(N3)C3CCCCC63)C3CCCCC53)C3CCCCC43)C2C1.CCCCCCCCN.[Zn]. The molecule has 8 atom stereocenters. The summed E-state index contributed by atoms with van der Waals surface area (Å²) in [6.07, 6.45) is 33.6. The first-order valence-corrected chi connectivity index (χ1v) is 22.0. The molecule has 9 aliphatic rings. The van der Waals surface area contributed by atoms with Gasteiger partial charge in [0.05, 0.1) is 49.3 Å². The smallest absolute Gasteiger partial charge is 0.0628 e. The predicted molar refractivity (Wildman–Crippen MR) is 200 cm³/mol. The molecule has 4 saturated carbocycles. The minimum atomic E-state index is 0. The van der Waals surface area contributed by atoms with Gasteiger partial charge in [-0.25, -0.2) is 0 Å². The third-order valence-electron chi connectivity index (χ3n) is 15.4. The Balaban J connectivity index is 0.000000350. The molecule has 282 valence electrons. The predicted octanol–water partition coefficient (Wildman–Crippen LogP) is 4.91. The fourth-order valence-electron chi connectivity index (χ4n) is 12.9. The molecule has 0 amide bonds. The summed E-state index contributed by atoms with van der Waals surface area (Å²) in [7, 11) is 0. The second-order valence-electron chi connectivity index (χ2n) is 18.2. The molecule has 0 aromatic heterocycles. The molecule has 9 rings (SSSR count). The van der Waals surface area contributed by atoms with E-state index in [1.54, 1.807) is 0 Å². The maximum Gasteiger partial charge on any atom is 0.0628 e. The van der Waals surface area contributed by atoms with Crippen molar-refractivity contribution >= 4 is 0 Å². The van der Waals surface area contributed by atoms with Crippen LogP contribution in [0, 0.1) is 47.3 Å². The monoisotopic (exact) mass is 746 g/mol. The standard InChI is InChI=1S/C32H56N8.C8H19N.Zn/c1-2-10-18-17(9-1)25-33-26(18)38-28-21-13-5-6-14-22(21)30(35-28)40-32-24-16-8-7-15-23(24)31(36-32)39-29-20-12-4-3-11-19(20)27(34-29)37-25;1-2-3-4-5-6-7-8-9;/h17-40H,1-16H2;2-9H2,1H3;. The van der Waals surface area contributed by atoms with E-state index in [2.05, 4.69) is 49.5 Å². The Kier molecular flexibility index (Phi) is 14.1. The van der Waals surface area contributed by atoms with E-state index in [0.29, 0.717) is 49.3 Å². The first-order chi connectivity index (χ1) is 24.2. The molecule has 10 heteroatoms. The van der Waals surface area contributed by atoms with Crippen molar-refractivity contribution in [1.82, 2.24) is 42.5 Å². The van der Waals surface area contributed by atoms with Gasteiger partial charge in [0.1, 0.15) is 0 Å². The van der Waals surface area contributed by atoms with Crippen LogP contribution in [0.5, 0.6) is 0 Å². The Morgan fingerprint density at radius 1 is 0.340 bits per heavy atom. The number of hydrogen-bond acceptors (Lipinski definition) is 9. The molecule has 0 aromatic carbocycles. The van der Waals surface area contributed by atoms with Crippen LogP contribution >= 0.6 is 0 Å². The Morgan fingerprint density at radius 3 is 0.740 bits per heavy atom. The van der Waals surface area contributed by atoms with Crippen LogP contribution in [0.4, 0.5) is 0 Å². The molecule has 50 heavy (non-hydrogen) atoms. The zero-order chi connectivity index (χ0) is 33.2. The van der Waals surface area contributed by atoms with Gasteiger partial charge in [-0.1, -0.05) is 90.4 Å². The Bertz CT molecular complexity index is 823. The molecule has 10 N–H and O–H groups in total. The maximum absolute atomic E-state index is 5.34. The van der Waals surface area contributed by atoms with E-state index in [9.17, 15) is 0 Å². The van der Waals surface area contributed by atoms with Crippen LogP contribution in [0.15, 0.2) is 0 Å². The minimum absolute atomic E-state index is 0. The molecule has 8 bridgehead atoms. The largest absolute Gasteiger partial charge is 0.330 e. The first kappa shape index (κ1) is 38.5. The van der Waals surface area contributed by atoms with E-state index in [4.69, 9.17) is 5.73 Å². The minimum Gasteiger partial charge on any atom is -0.330 e. The van der Waals surface area contributed by atoms with E-state index in [1.807, 2.05) is 0 Å². The molecule has 5 aliphatic heterocycles. The number of hydrogen-bond donors (Lipinski definition) is 9. The van der Waals surface area contributed by atoms with E-state index < -0.39 is 0 Å². The zero-order valence-corrected chi connectivity index (χ0v) is 34.8. The van der Waals surface area contributed by atoms with Crippen molar-refractivity contribution in [2.75, 3.05) is 6.54 Å². The summed E-state index contributed by atoms with van der Waals surface area (Å²) in [6.45, 7) is 3.11. The van der Waals surface area contributed by atoms with Crippen LogP contribution in [0.3, 0.4) is 0 Å². The summed E-state index contributed by atoms with van der Waals surface area (Å²) in [5.41, 5.74) is 5.34. The molecule has 9 fully saturated rings. The summed E-state index contributed by atoms with van der Waals surface area (Å²) >= 11 is 0. The third kappa shape index (κ3) is 8.26. The fraction of sp³-hybridized carbons (Fsp3) is 1.00. The average Bonchev–Trinajstić information content (AvgIpc) is 3.88. The van der Waals surface area contributed by atoms with Crippen molar-refractivity contribution in [1.29, 1.82) is 0 Å². The Labute approximate surface area is 318 Å². The van der Waals surface area contributed by atoms with Gasteiger partial charge in [0, 0.05) is 19.5 Å². The van der Waals surface area contributed by atoms with Crippen molar-refractivity contribution < 1.29 is 19.5 Å². The van der Waals surface area contributed by atoms with Gasteiger partial charge in [-0.3, -0.25) is 42.5 Å². The van der Waals surface area contributed by atoms with Crippen LogP contribution in [0.1, 0.15) is 148 Å². The molecular weight excluding hydrogens is 672 g/mol. The van der Waals surface area contributed by atoms with Crippen LogP contribution in [-0.4, -0.2) is 55.9 Å². The quantitative estimate of drug-likeness (QED) is 0.138. The van der Waals surface area contributed by atoms with Gasteiger partial charge in [-0.15, -0.1) is 0 Å². The van der Waals surface area contributed by atoms with Gasteiger partial charge in [0.25, 0.3) is 0 Å². The van der Waals surface area contributed by atoms with Gasteiger partial charge in [-0.2, -0.15) is 0 Å². The number of nitrogens with two attached hydrogens (primary N) is 1. The second-order valence-corrected chi connectivity index (χ2v) is 18.2. The summed E-state index contributed by atoms with van der Waals surface area (Å²) in [5, 5.41) is 33.8.